The molecule has 0 saturated heterocycles. The fraction of sp³-hybridized carbons (Fsp3) is 0.600. The summed E-state index contributed by atoms with van der Waals surface area (Å²) in [7, 11) is 0. The Balaban J connectivity index is 1.84. The van der Waals surface area contributed by atoms with Crippen LogP contribution in [0.1, 0.15) is 42.9 Å². The van der Waals surface area contributed by atoms with Crippen LogP contribution in [-0.2, 0) is 0 Å². The molecule has 98 valence electrons. The number of aryl methyl sites for hydroxylation is 1. The minimum absolute atomic E-state index is 0.118. The lowest BCUT2D eigenvalue weighted by atomic mass is 9.98. The van der Waals surface area contributed by atoms with Gasteiger partial charge in [0.15, 0.2) is 0 Å². The Morgan fingerprint density at radius 3 is 2.44 bits per heavy atom. The molecule has 1 aromatic rings. The van der Waals surface area contributed by atoms with Crippen molar-refractivity contribution in [2.24, 2.45) is 23.6 Å². The van der Waals surface area contributed by atoms with Crippen molar-refractivity contribution >= 4 is 0 Å². The number of hydrazine groups is 1. The Morgan fingerprint density at radius 1 is 1.22 bits per heavy atom. The first kappa shape index (κ1) is 12.1. The van der Waals surface area contributed by atoms with Gasteiger partial charge in [-0.15, -0.1) is 0 Å². The van der Waals surface area contributed by atoms with E-state index >= 15 is 0 Å². The maximum atomic E-state index is 13.5. The third kappa shape index (κ3) is 2.06. The van der Waals surface area contributed by atoms with Crippen LogP contribution in [0.25, 0.3) is 0 Å². The van der Waals surface area contributed by atoms with Crippen LogP contribution >= 0.6 is 0 Å². The van der Waals surface area contributed by atoms with Gasteiger partial charge >= 0.3 is 0 Å². The summed E-state index contributed by atoms with van der Waals surface area (Å²) in [5.41, 5.74) is 4.90. The zero-order valence-electron chi connectivity index (χ0n) is 10.8. The molecule has 2 saturated carbocycles. The highest BCUT2D eigenvalue weighted by Crippen LogP contribution is 2.60. The Morgan fingerprint density at radius 2 is 1.89 bits per heavy atom. The number of nitrogens with two attached hydrogens (primary N) is 1. The van der Waals surface area contributed by atoms with Crippen molar-refractivity contribution in [3.63, 3.8) is 0 Å². The molecule has 3 unspecified atom stereocenters. The fourth-order valence-corrected chi connectivity index (χ4v) is 3.92. The summed E-state index contributed by atoms with van der Waals surface area (Å²) in [4.78, 5) is 0. The highest BCUT2D eigenvalue weighted by Gasteiger charge is 2.54. The molecule has 0 aromatic heterocycles. The first-order valence-corrected chi connectivity index (χ1v) is 6.94. The number of nitrogens with one attached hydrogen (secondary N) is 1. The van der Waals surface area contributed by atoms with Gasteiger partial charge in [-0.3, -0.25) is 11.3 Å². The SMILES string of the molecule is Cc1cc(F)cc(C(NN)C2C3CCCCC32)c1. The minimum Gasteiger partial charge on any atom is -0.271 e. The summed E-state index contributed by atoms with van der Waals surface area (Å²) in [6.07, 6.45) is 5.33. The van der Waals surface area contributed by atoms with Crippen LogP contribution in [0.4, 0.5) is 4.39 Å². The molecule has 3 atom stereocenters. The summed E-state index contributed by atoms with van der Waals surface area (Å²) < 4.78 is 13.5. The molecule has 0 bridgehead atoms. The van der Waals surface area contributed by atoms with E-state index in [9.17, 15) is 4.39 Å². The molecule has 3 heteroatoms. The highest BCUT2D eigenvalue weighted by atomic mass is 19.1. The van der Waals surface area contributed by atoms with Crippen molar-refractivity contribution in [2.75, 3.05) is 0 Å². The minimum atomic E-state index is -0.158. The Kier molecular flexibility index (Phi) is 3.12. The van der Waals surface area contributed by atoms with Crippen LogP contribution in [-0.4, -0.2) is 0 Å². The topological polar surface area (TPSA) is 38.0 Å². The van der Waals surface area contributed by atoms with Crippen LogP contribution in [0.15, 0.2) is 18.2 Å². The van der Waals surface area contributed by atoms with E-state index in [-0.39, 0.29) is 11.9 Å². The molecule has 2 aliphatic rings. The summed E-state index contributed by atoms with van der Waals surface area (Å²) in [6, 6.07) is 5.36. The van der Waals surface area contributed by atoms with Crippen molar-refractivity contribution in [2.45, 2.75) is 38.6 Å². The molecule has 2 aliphatic carbocycles. The van der Waals surface area contributed by atoms with E-state index in [1.54, 1.807) is 12.1 Å². The Bertz CT molecular complexity index is 414. The van der Waals surface area contributed by atoms with Gasteiger partial charge in [0, 0.05) is 6.04 Å². The van der Waals surface area contributed by atoms with Crippen LogP contribution in [0.2, 0.25) is 0 Å². The molecule has 0 spiro atoms. The van der Waals surface area contributed by atoms with Crippen molar-refractivity contribution in [1.82, 2.24) is 5.43 Å². The molecule has 0 amide bonds. The molecule has 3 rings (SSSR count). The van der Waals surface area contributed by atoms with Crippen molar-refractivity contribution in [1.29, 1.82) is 0 Å². The summed E-state index contributed by atoms with van der Waals surface area (Å²) in [5, 5.41) is 0. The monoisotopic (exact) mass is 248 g/mol. The van der Waals surface area contributed by atoms with Crippen LogP contribution in [0.5, 0.6) is 0 Å². The highest BCUT2D eigenvalue weighted by molar-refractivity contribution is 5.28. The molecule has 2 nitrogen and oxygen atoms in total. The maximum absolute atomic E-state index is 13.5. The zero-order chi connectivity index (χ0) is 12.7. The molecule has 0 aliphatic heterocycles. The third-order valence-corrected chi connectivity index (χ3v) is 4.71. The average Bonchev–Trinajstić information content (AvgIpc) is 3.04. The van der Waals surface area contributed by atoms with Crippen molar-refractivity contribution in [3.8, 4) is 0 Å². The maximum Gasteiger partial charge on any atom is 0.123 e. The number of rotatable bonds is 3. The zero-order valence-corrected chi connectivity index (χ0v) is 10.8. The second-order valence-corrected chi connectivity index (χ2v) is 5.90. The van der Waals surface area contributed by atoms with E-state index in [0.29, 0.717) is 5.92 Å². The van der Waals surface area contributed by atoms with Gasteiger partial charge < -0.3 is 0 Å². The van der Waals surface area contributed by atoms with E-state index < -0.39 is 0 Å². The Labute approximate surface area is 108 Å². The van der Waals surface area contributed by atoms with Gasteiger partial charge in [-0.1, -0.05) is 18.9 Å². The van der Waals surface area contributed by atoms with Gasteiger partial charge in [0.05, 0.1) is 0 Å². The molecule has 0 radical (unpaired) electrons. The number of benzene rings is 1. The molecule has 18 heavy (non-hydrogen) atoms. The number of hydrogen-bond acceptors (Lipinski definition) is 2. The average molecular weight is 248 g/mol. The number of halogens is 1. The van der Waals surface area contributed by atoms with Crippen LogP contribution < -0.4 is 11.3 Å². The second-order valence-electron chi connectivity index (χ2n) is 5.90. The van der Waals surface area contributed by atoms with Crippen LogP contribution in [0, 0.1) is 30.5 Å². The molecular weight excluding hydrogens is 227 g/mol. The van der Waals surface area contributed by atoms with Crippen LogP contribution in [0.3, 0.4) is 0 Å². The summed E-state index contributed by atoms with van der Waals surface area (Å²) in [5.74, 6) is 7.80. The van der Waals surface area contributed by atoms with Crippen molar-refractivity contribution < 1.29 is 4.39 Å². The van der Waals surface area contributed by atoms with E-state index in [2.05, 4.69) is 11.5 Å². The fourth-order valence-electron chi connectivity index (χ4n) is 3.92. The van der Waals surface area contributed by atoms with E-state index in [4.69, 9.17) is 5.84 Å². The quantitative estimate of drug-likeness (QED) is 0.637. The largest absolute Gasteiger partial charge is 0.271 e. The number of fused-ring (bicyclic) bond motifs is 1. The summed E-state index contributed by atoms with van der Waals surface area (Å²) in [6.45, 7) is 1.93. The van der Waals surface area contributed by atoms with E-state index in [0.717, 1.165) is 23.0 Å². The van der Waals surface area contributed by atoms with Gasteiger partial charge in [0.2, 0.25) is 0 Å². The van der Waals surface area contributed by atoms with E-state index in [1.807, 2.05) is 6.92 Å². The lowest BCUT2D eigenvalue weighted by molar-refractivity contribution is 0.453. The number of hydrogen-bond donors (Lipinski definition) is 2. The second kappa shape index (κ2) is 4.63. The molecule has 0 heterocycles. The summed E-state index contributed by atoms with van der Waals surface area (Å²) >= 11 is 0. The van der Waals surface area contributed by atoms with E-state index in [1.165, 1.54) is 25.7 Å². The first-order chi connectivity index (χ1) is 8.70. The molecular formula is C15H21FN2. The predicted octanol–water partition coefficient (Wildman–Crippen LogP) is 3.07. The first-order valence-electron chi connectivity index (χ1n) is 6.94. The molecule has 2 fully saturated rings. The Hall–Kier alpha value is -0.930. The normalized spacial score (nSPS) is 31.8. The molecule has 3 N–H and O–H groups in total. The molecule has 1 aromatic carbocycles. The van der Waals surface area contributed by atoms with Gasteiger partial charge in [-0.25, -0.2) is 4.39 Å². The van der Waals surface area contributed by atoms with Gasteiger partial charge in [0.25, 0.3) is 0 Å². The lowest BCUT2D eigenvalue weighted by Crippen LogP contribution is -2.30. The van der Waals surface area contributed by atoms with Gasteiger partial charge in [-0.05, 0) is 60.8 Å². The van der Waals surface area contributed by atoms with Gasteiger partial charge in [-0.2, -0.15) is 0 Å². The van der Waals surface area contributed by atoms with Crippen molar-refractivity contribution in [3.05, 3.63) is 35.1 Å². The lowest BCUT2D eigenvalue weighted by Gasteiger charge is -2.17. The predicted molar refractivity (Wildman–Crippen MR) is 70.1 cm³/mol. The third-order valence-electron chi connectivity index (χ3n) is 4.71. The van der Waals surface area contributed by atoms with Gasteiger partial charge in [0.1, 0.15) is 5.82 Å². The standard InChI is InChI=1S/C15H21FN2/c1-9-6-10(8-11(16)7-9)15(18-17)14-12-4-2-3-5-13(12)14/h6-8,12-15,18H,2-5,17H2,1H3. The smallest absolute Gasteiger partial charge is 0.123 e.